The number of hydrogen-bond donors (Lipinski definition) is 1. The number of esters is 1. The molecule has 1 aromatic heterocycles. The Bertz CT molecular complexity index is 947. The van der Waals surface area contributed by atoms with Gasteiger partial charge in [-0.05, 0) is 42.7 Å². The molecular formula is C19H23N5O5S. The van der Waals surface area contributed by atoms with Crippen molar-refractivity contribution in [1.29, 1.82) is 0 Å². The number of amides is 1. The molecular weight excluding hydrogens is 410 g/mol. The number of nitrogens with one attached hydrogen (secondary N) is 1. The van der Waals surface area contributed by atoms with Crippen LogP contribution in [0.15, 0.2) is 34.6 Å². The van der Waals surface area contributed by atoms with E-state index in [1.807, 2.05) is 0 Å². The summed E-state index contributed by atoms with van der Waals surface area (Å²) in [7, 11) is 1.72. The third-order valence-corrected chi connectivity index (χ3v) is 6.17. The fourth-order valence-corrected chi connectivity index (χ4v) is 4.18. The number of ether oxygens (including phenoxy) is 1. The second-order valence-electron chi connectivity index (χ2n) is 7.28. The molecule has 1 heterocycles. The zero-order chi connectivity index (χ0) is 21.7. The van der Waals surface area contributed by atoms with Crippen LogP contribution in [0, 0.1) is 16.0 Å². The van der Waals surface area contributed by atoms with Crippen LogP contribution in [0.5, 0.6) is 0 Å². The van der Waals surface area contributed by atoms with Crippen LogP contribution in [-0.2, 0) is 16.6 Å². The second-order valence-corrected chi connectivity index (χ2v) is 8.29. The number of carbonyl (C=O) groups is 2. The Hall–Kier alpha value is -2.95. The Morgan fingerprint density at radius 1 is 1.37 bits per heavy atom. The Labute approximate surface area is 177 Å². The van der Waals surface area contributed by atoms with E-state index >= 15 is 0 Å². The van der Waals surface area contributed by atoms with E-state index in [9.17, 15) is 19.7 Å². The molecule has 0 spiro atoms. The van der Waals surface area contributed by atoms with Crippen LogP contribution in [0.1, 0.15) is 43.0 Å². The fourth-order valence-electron chi connectivity index (χ4n) is 3.33. The molecule has 3 rings (SSSR count). The molecule has 1 N–H and O–H groups in total. The molecule has 2 aromatic rings. The maximum Gasteiger partial charge on any atom is 0.338 e. The number of hydrogen-bond acceptors (Lipinski definition) is 8. The van der Waals surface area contributed by atoms with E-state index in [1.165, 1.54) is 18.5 Å². The summed E-state index contributed by atoms with van der Waals surface area (Å²) in [4.78, 5) is 35.6. The molecule has 1 aliphatic carbocycles. The van der Waals surface area contributed by atoms with E-state index in [2.05, 4.69) is 22.4 Å². The summed E-state index contributed by atoms with van der Waals surface area (Å²) in [5.74, 6) is -0.772. The highest BCUT2D eigenvalue weighted by Crippen LogP contribution is 2.34. The summed E-state index contributed by atoms with van der Waals surface area (Å²) < 4.78 is 6.69. The molecule has 1 fully saturated rings. The van der Waals surface area contributed by atoms with E-state index in [1.54, 1.807) is 11.6 Å². The van der Waals surface area contributed by atoms with Gasteiger partial charge in [-0.3, -0.25) is 14.9 Å². The Morgan fingerprint density at radius 2 is 2.13 bits per heavy atom. The summed E-state index contributed by atoms with van der Waals surface area (Å²) in [5.41, 5.74) is -0.249. The molecule has 10 nitrogen and oxygen atoms in total. The first-order valence-corrected chi connectivity index (χ1v) is 10.4. The SMILES string of the molecule is C[C@@H]1CCCC[C@H]1NC(=O)COC(=O)c1ccc(Sc2nncn2C)c([N+](=O)[O-])c1. The van der Waals surface area contributed by atoms with Crippen LogP contribution in [0.4, 0.5) is 5.69 Å². The highest BCUT2D eigenvalue weighted by atomic mass is 32.2. The van der Waals surface area contributed by atoms with Crippen LogP contribution in [0.2, 0.25) is 0 Å². The van der Waals surface area contributed by atoms with Crippen LogP contribution >= 0.6 is 11.8 Å². The van der Waals surface area contributed by atoms with Crippen LogP contribution in [-0.4, -0.2) is 44.2 Å². The Balaban J connectivity index is 1.62. The van der Waals surface area contributed by atoms with Gasteiger partial charge in [0.2, 0.25) is 0 Å². The lowest BCUT2D eigenvalue weighted by atomic mass is 9.86. The van der Waals surface area contributed by atoms with Crippen molar-refractivity contribution in [2.45, 2.75) is 48.7 Å². The first kappa shape index (κ1) is 21.8. The van der Waals surface area contributed by atoms with Gasteiger partial charge in [0.15, 0.2) is 11.8 Å². The van der Waals surface area contributed by atoms with Gasteiger partial charge in [0, 0.05) is 19.2 Å². The highest BCUT2D eigenvalue weighted by Gasteiger charge is 2.24. The molecule has 0 bridgehead atoms. The quantitative estimate of drug-likeness (QED) is 0.401. The van der Waals surface area contributed by atoms with E-state index in [4.69, 9.17) is 4.74 Å². The molecule has 2 atom stereocenters. The lowest BCUT2D eigenvalue weighted by molar-refractivity contribution is -0.387. The summed E-state index contributed by atoms with van der Waals surface area (Å²) >= 11 is 1.07. The monoisotopic (exact) mass is 433 g/mol. The van der Waals surface area contributed by atoms with E-state index in [0.29, 0.717) is 16.0 Å². The molecule has 0 radical (unpaired) electrons. The summed E-state index contributed by atoms with van der Waals surface area (Å²) in [5, 5.41) is 22.5. The standard InChI is InChI=1S/C19H23N5O5S/c1-12-5-3-4-6-14(12)21-17(25)10-29-18(26)13-7-8-16(15(9-13)24(27)28)30-19-22-20-11-23(19)2/h7-9,11-12,14H,3-6,10H2,1-2H3,(H,21,25)/t12-,14-/m1/s1. The fraction of sp³-hybridized carbons (Fsp3) is 0.474. The number of nitro groups is 1. The van der Waals surface area contributed by atoms with Crippen LogP contribution < -0.4 is 5.32 Å². The van der Waals surface area contributed by atoms with E-state index < -0.39 is 17.5 Å². The maximum absolute atomic E-state index is 12.3. The summed E-state index contributed by atoms with van der Waals surface area (Å²) in [6.45, 7) is 1.67. The predicted molar refractivity (Wildman–Crippen MR) is 108 cm³/mol. The molecule has 1 saturated carbocycles. The molecule has 0 saturated heterocycles. The number of aryl methyl sites for hydroxylation is 1. The number of nitro benzene ring substituents is 1. The maximum atomic E-state index is 12.3. The van der Waals surface area contributed by atoms with Gasteiger partial charge in [0.25, 0.3) is 11.6 Å². The van der Waals surface area contributed by atoms with Crippen LogP contribution in [0.3, 0.4) is 0 Å². The number of nitrogens with zero attached hydrogens (tertiary/aromatic N) is 4. The van der Waals surface area contributed by atoms with Crippen molar-refractivity contribution in [2.75, 3.05) is 6.61 Å². The van der Waals surface area contributed by atoms with Crippen molar-refractivity contribution in [1.82, 2.24) is 20.1 Å². The van der Waals surface area contributed by atoms with E-state index in [0.717, 1.165) is 43.5 Å². The minimum atomic E-state index is -0.792. The topological polar surface area (TPSA) is 129 Å². The first-order valence-electron chi connectivity index (χ1n) is 9.62. The van der Waals surface area contributed by atoms with Gasteiger partial charge >= 0.3 is 5.97 Å². The normalized spacial score (nSPS) is 18.6. The Kier molecular flexibility index (Phi) is 7.03. The molecule has 1 aromatic carbocycles. The lowest BCUT2D eigenvalue weighted by Crippen LogP contribution is -2.42. The number of aromatic nitrogens is 3. The van der Waals surface area contributed by atoms with Crippen molar-refractivity contribution >= 4 is 29.3 Å². The zero-order valence-electron chi connectivity index (χ0n) is 16.7. The smallest absolute Gasteiger partial charge is 0.338 e. The molecule has 160 valence electrons. The molecule has 11 heteroatoms. The number of carbonyl (C=O) groups excluding carboxylic acids is 2. The predicted octanol–water partition coefficient (Wildman–Crippen LogP) is 2.73. The molecule has 0 aliphatic heterocycles. The van der Waals surface area contributed by atoms with Crippen LogP contribution in [0.25, 0.3) is 0 Å². The van der Waals surface area contributed by atoms with Crippen molar-refractivity contribution < 1.29 is 19.2 Å². The molecule has 30 heavy (non-hydrogen) atoms. The van der Waals surface area contributed by atoms with Crippen molar-refractivity contribution in [2.24, 2.45) is 13.0 Å². The van der Waals surface area contributed by atoms with Gasteiger partial charge < -0.3 is 14.6 Å². The zero-order valence-corrected chi connectivity index (χ0v) is 17.6. The first-order chi connectivity index (χ1) is 14.3. The van der Waals surface area contributed by atoms with Gasteiger partial charge in [-0.15, -0.1) is 10.2 Å². The largest absolute Gasteiger partial charge is 0.452 e. The van der Waals surface area contributed by atoms with E-state index in [-0.39, 0.29) is 23.2 Å². The summed E-state index contributed by atoms with van der Waals surface area (Å²) in [6, 6.07) is 4.11. The lowest BCUT2D eigenvalue weighted by Gasteiger charge is -2.29. The number of rotatable bonds is 7. The van der Waals surface area contributed by atoms with Gasteiger partial charge in [-0.1, -0.05) is 19.8 Å². The van der Waals surface area contributed by atoms with Crippen molar-refractivity contribution in [3.8, 4) is 0 Å². The molecule has 1 amide bonds. The third kappa shape index (κ3) is 5.35. The van der Waals surface area contributed by atoms with Gasteiger partial charge in [0.1, 0.15) is 6.33 Å². The average Bonchev–Trinajstić information content (AvgIpc) is 3.12. The van der Waals surface area contributed by atoms with Crippen molar-refractivity contribution in [3.05, 3.63) is 40.2 Å². The van der Waals surface area contributed by atoms with Gasteiger partial charge in [0.05, 0.1) is 15.4 Å². The van der Waals surface area contributed by atoms with Gasteiger partial charge in [-0.2, -0.15) is 0 Å². The number of benzene rings is 1. The molecule has 0 unspecified atom stereocenters. The summed E-state index contributed by atoms with van der Waals surface area (Å²) in [6.07, 6.45) is 5.69. The highest BCUT2D eigenvalue weighted by molar-refractivity contribution is 7.99. The Morgan fingerprint density at radius 3 is 2.80 bits per heavy atom. The van der Waals surface area contributed by atoms with Gasteiger partial charge in [-0.25, -0.2) is 4.79 Å². The van der Waals surface area contributed by atoms with Crippen molar-refractivity contribution in [3.63, 3.8) is 0 Å². The third-order valence-electron chi connectivity index (χ3n) is 5.05. The average molecular weight is 433 g/mol. The second kappa shape index (κ2) is 9.70. The minimum Gasteiger partial charge on any atom is -0.452 e. The minimum absolute atomic E-state index is 0.00264. The molecule has 1 aliphatic rings.